The third kappa shape index (κ3) is 4.03. The van der Waals surface area contributed by atoms with Crippen molar-refractivity contribution in [2.24, 2.45) is 0 Å². The molecule has 0 spiro atoms. The number of carbonyl (C=O) groups excluding carboxylic acids is 1. The minimum absolute atomic E-state index is 0.207. The lowest BCUT2D eigenvalue weighted by atomic mass is 10.0. The van der Waals surface area contributed by atoms with E-state index in [1.807, 2.05) is 0 Å². The fraction of sp³-hybridized carbons (Fsp3) is 0.100. The van der Waals surface area contributed by atoms with Gasteiger partial charge in [-0.1, -0.05) is 6.07 Å². The van der Waals surface area contributed by atoms with Crippen LogP contribution in [-0.4, -0.2) is 25.0 Å². The number of nitrogens with zero attached hydrogens (tertiary/aromatic N) is 1. The molecule has 0 aliphatic heterocycles. The van der Waals surface area contributed by atoms with Crippen LogP contribution in [0, 0.1) is 11.6 Å². The number of nitrogens with one attached hydrogen (secondary N) is 1. The van der Waals surface area contributed by atoms with Crippen molar-refractivity contribution in [1.82, 2.24) is 4.98 Å². The molecule has 0 saturated heterocycles. The van der Waals surface area contributed by atoms with E-state index in [4.69, 9.17) is 9.47 Å². The number of benzene rings is 2. The third-order valence-electron chi connectivity index (χ3n) is 3.86. The van der Waals surface area contributed by atoms with Crippen molar-refractivity contribution in [3.63, 3.8) is 0 Å². The van der Waals surface area contributed by atoms with Gasteiger partial charge < -0.3 is 14.8 Å². The zero-order valence-electron chi connectivity index (χ0n) is 14.6. The summed E-state index contributed by atoms with van der Waals surface area (Å²) < 4.78 is 37.7. The molecule has 0 aliphatic rings. The molecule has 0 bridgehead atoms. The summed E-state index contributed by atoms with van der Waals surface area (Å²) in [5.41, 5.74) is 0.375. The summed E-state index contributed by atoms with van der Waals surface area (Å²) in [4.78, 5) is 16.7. The highest BCUT2D eigenvalue weighted by molar-refractivity contribution is 6.09. The average Bonchev–Trinajstić information content (AvgIpc) is 2.70. The number of ketones is 1. The maximum atomic E-state index is 13.7. The number of anilines is 2. The fourth-order valence-electron chi connectivity index (χ4n) is 2.45. The summed E-state index contributed by atoms with van der Waals surface area (Å²) in [7, 11) is 2.99. The van der Waals surface area contributed by atoms with E-state index in [1.54, 1.807) is 18.2 Å². The first kappa shape index (κ1) is 18.3. The van der Waals surface area contributed by atoms with Gasteiger partial charge in [0, 0.05) is 23.4 Å². The van der Waals surface area contributed by atoms with Crippen LogP contribution in [0.3, 0.4) is 0 Å². The van der Waals surface area contributed by atoms with E-state index in [-0.39, 0.29) is 17.3 Å². The number of methoxy groups -OCH3 is 2. The molecule has 138 valence electrons. The van der Waals surface area contributed by atoms with Crippen molar-refractivity contribution in [3.8, 4) is 11.5 Å². The molecule has 3 aromatic rings. The number of ether oxygens (including phenoxy) is 2. The van der Waals surface area contributed by atoms with Gasteiger partial charge in [0.25, 0.3) is 0 Å². The Kier molecular flexibility index (Phi) is 5.30. The molecule has 0 atom stereocenters. The van der Waals surface area contributed by atoms with Crippen molar-refractivity contribution < 1.29 is 23.0 Å². The summed E-state index contributed by atoms with van der Waals surface area (Å²) >= 11 is 0. The van der Waals surface area contributed by atoms with Crippen molar-refractivity contribution >= 4 is 17.3 Å². The highest BCUT2D eigenvalue weighted by Gasteiger charge is 2.14. The lowest BCUT2D eigenvalue weighted by Crippen LogP contribution is -2.04. The molecular weight excluding hydrogens is 354 g/mol. The van der Waals surface area contributed by atoms with Gasteiger partial charge in [0.2, 0.25) is 0 Å². The molecule has 0 unspecified atom stereocenters. The smallest absolute Gasteiger partial charge is 0.194 e. The number of hydrogen-bond donors (Lipinski definition) is 1. The van der Waals surface area contributed by atoms with E-state index < -0.39 is 11.6 Å². The molecule has 2 aromatic carbocycles. The second-order valence-corrected chi connectivity index (χ2v) is 5.58. The minimum atomic E-state index is -0.736. The standard InChI is InChI=1S/C20H16F2N2O3/c1-26-14-8-13(9-15(10-14)27-2)20(25)12-6-7-18(23-11-12)24-19-16(21)4-3-5-17(19)22/h3-11H,1-2H3,(H,23,24). The summed E-state index contributed by atoms with van der Waals surface area (Å²) in [6.45, 7) is 0. The van der Waals surface area contributed by atoms with Gasteiger partial charge >= 0.3 is 0 Å². The van der Waals surface area contributed by atoms with Crippen LogP contribution >= 0.6 is 0 Å². The van der Waals surface area contributed by atoms with Crippen molar-refractivity contribution in [2.45, 2.75) is 0 Å². The number of para-hydroxylation sites is 1. The van der Waals surface area contributed by atoms with E-state index in [2.05, 4.69) is 10.3 Å². The molecule has 27 heavy (non-hydrogen) atoms. The van der Waals surface area contributed by atoms with Gasteiger partial charge in [-0.3, -0.25) is 4.79 Å². The Morgan fingerprint density at radius 2 is 1.56 bits per heavy atom. The molecule has 7 heteroatoms. The van der Waals surface area contributed by atoms with Gasteiger partial charge in [0.1, 0.15) is 34.6 Å². The van der Waals surface area contributed by atoms with Crippen LogP contribution in [0.4, 0.5) is 20.3 Å². The monoisotopic (exact) mass is 370 g/mol. The number of hydrogen-bond acceptors (Lipinski definition) is 5. The number of pyridine rings is 1. The minimum Gasteiger partial charge on any atom is -0.497 e. The van der Waals surface area contributed by atoms with Gasteiger partial charge in [-0.25, -0.2) is 13.8 Å². The van der Waals surface area contributed by atoms with Gasteiger partial charge in [-0.05, 0) is 36.4 Å². The second kappa shape index (κ2) is 7.82. The largest absolute Gasteiger partial charge is 0.497 e. The maximum absolute atomic E-state index is 13.7. The van der Waals surface area contributed by atoms with Gasteiger partial charge in [-0.15, -0.1) is 0 Å². The van der Waals surface area contributed by atoms with Crippen LogP contribution in [0.2, 0.25) is 0 Å². The van der Waals surface area contributed by atoms with E-state index in [1.165, 1.54) is 38.6 Å². The van der Waals surface area contributed by atoms with Gasteiger partial charge in [0.15, 0.2) is 5.78 Å². The Labute approximate surface area is 154 Å². The fourth-order valence-corrected chi connectivity index (χ4v) is 2.45. The summed E-state index contributed by atoms with van der Waals surface area (Å²) in [5.74, 6) is -0.582. The van der Waals surface area contributed by atoms with Crippen LogP contribution < -0.4 is 14.8 Å². The normalized spacial score (nSPS) is 10.4. The molecule has 1 aromatic heterocycles. The Morgan fingerprint density at radius 3 is 2.07 bits per heavy atom. The van der Waals surface area contributed by atoms with E-state index in [0.717, 1.165) is 12.1 Å². The highest BCUT2D eigenvalue weighted by atomic mass is 19.1. The van der Waals surface area contributed by atoms with Crippen molar-refractivity contribution in [2.75, 3.05) is 19.5 Å². The van der Waals surface area contributed by atoms with Gasteiger partial charge in [0.05, 0.1) is 14.2 Å². The molecule has 3 rings (SSSR count). The molecule has 0 fully saturated rings. The van der Waals surface area contributed by atoms with Crippen LogP contribution in [0.15, 0.2) is 54.7 Å². The third-order valence-corrected chi connectivity index (χ3v) is 3.86. The molecule has 0 aliphatic carbocycles. The van der Waals surface area contributed by atoms with E-state index >= 15 is 0 Å². The zero-order valence-corrected chi connectivity index (χ0v) is 14.6. The Bertz CT molecular complexity index is 933. The SMILES string of the molecule is COc1cc(OC)cc(C(=O)c2ccc(Nc3c(F)cccc3F)nc2)c1. The number of halogens is 2. The van der Waals surface area contributed by atoms with Crippen molar-refractivity contribution in [3.05, 3.63) is 77.5 Å². The Morgan fingerprint density at radius 1 is 0.926 bits per heavy atom. The first-order valence-corrected chi connectivity index (χ1v) is 7.96. The summed E-state index contributed by atoms with van der Waals surface area (Å²) in [6.07, 6.45) is 1.33. The number of aromatic nitrogens is 1. The molecule has 1 heterocycles. The molecule has 5 nitrogen and oxygen atoms in total. The predicted molar refractivity (Wildman–Crippen MR) is 96.9 cm³/mol. The molecule has 0 radical (unpaired) electrons. The predicted octanol–water partition coefficient (Wildman–Crippen LogP) is 4.35. The molecular formula is C20H16F2N2O3. The van der Waals surface area contributed by atoms with Crippen LogP contribution in [0.1, 0.15) is 15.9 Å². The highest BCUT2D eigenvalue weighted by Crippen LogP contribution is 2.25. The lowest BCUT2D eigenvalue weighted by Gasteiger charge is -2.09. The number of rotatable bonds is 6. The Hall–Kier alpha value is -3.48. The number of carbonyl (C=O) groups is 1. The summed E-state index contributed by atoms with van der Waals surface area (Å²) in [6, 6.07) is 11.4. The van der Waals surface area contributed by atoms with E-state index in [9.17, 15) is 13.6 Å². The van der Waals surface area contributed by atoms with E-state index in [0.29, 0.717) is 22.6 Å². The van der Waals surface area contributed by atoms with Crippen LogP contribution in [-0.2, 0) is 0 Å². The average molecular weight is 370 g/mol. The quantitative estimate of drug-likeness (QED) is 0.654. The second-order valence-electron chi connectivity index (χ2n) is 5.58. The topological polar surface area (TPSA) is 60.5 Å². The van der Waals surface area contributed by atoms with Crippen LogP contribution in [0.5, 0.6) is 11.5 Å². The molecule has 0 amide bonds. The lowest BCUT2D eigenvalue weighted by molar-refractivity contribution is 0.103. The first-order chi connectivity index (χ1) is 13.0. The van der Waals surface area contributed by atoms with Crippen molar-refractivity contribution in [1.29, 1.82) is 0 Å². The van der Waals surface area contributed by atoms with Crippen LogP contribution in [0.25, 0.3) is 0 Å². The molecule has 1 N–H and O–H groups in total. The first-order valence-electron chi connectivity index (χ1n) is 7.96. The molecule has 0 saturated carbocycles. The Balaban J connectivity index is 1.84. The zero-order chi connectivity index (χ0) is 19.4. The maximum Gasteiger partial charge on any atom is 0.194 e. The summed E-state index contributed by atoms with van der Waals surface area (Å²) in [5, 5.41) is 2.57. The van der Waals surface area contributed by atoms with Gasteiger partial charge in [-0.2, -0.15) is 0 Å².